The molecule has 10 nitrogen and oxygen atoms in total. The molecule has 1 aliphatic rings. The molecule has 1 amide bonds. The maximum atomic E-state index is 14.1. The van der Waals surface area contributed by atoms with Gasteiger partial charge in [0, 0.05) is 50.5 Å². The largest absolute Gasteiger partial charge is 0.573 e. The van der Waals surface area contributed by atoms with Crippen LogP contribution in [-0.2, 0) is 25.2 Å². The van der Waals surface area contributed by atoms with E-state index in [1.54, 1.807) is 37.2 Å². The Kier molecular flexibility index (Phi) is 10.5. The Balaban J connectivity index is 2.01. The normalized spacial score (nSPS) is 17.3. The number of ether oxygens (including phenoxy) is 2. The van der Waals surface area contributed by atoms with Crippen LogP contribution in [0.2, 0.25) is 5.02 Å². The number of nitrogens with zero attached hydrogens (tertiary/aromatic N) is 4. The minimum absolute atomic E-state index is 0.0602. The lowest BCUT2D eigenvalue weighted by molar-refractivity contribution is -0.275. The van der Waals surface area contributed by atoms with Gasteiger partial charge in [0.2, 0.25) is 5.91 Å². The molecule has 0 saturated carbocycles. The van der Waals surface area contributed by atoms with Crippen LogP contribution in [0.25, 0.3) is 0 Å². The summed E-state index contributed by atoms with van der Waals surface area (Å²) in [6.07, 6.45) is -0.627. The highest BCUT2D eigenvalue weighted by Gasteiger charge is 2.49. The highest BCUT2D eigenvalue weighted by Crippen LogP contribution is 2.45. The molecule has 2 atom stereocenters. The zero-order valence-electron chi connectivity index (χ0n) is 25.6. The van der Waals surface area contributed by atoms with Crippen molar-refractivity contribution < 1.29 is 40.7 Å². The lowest BCUT2D eigenvalue weighted by Gasteiger charge is -2.45. The summed E-state index contributed by atoms with van der Waals surface area (Å²) in [5, 5.41) is 0.141. The van der Waals surface area contributed by atoms with Crippen molar-refractivity contribution in [2.24, 2.45) is 0 Å². The van der Waals surface area contributed by atoms with Crippen LogP contribution in [0.5, 0.6) is 11.5 Å². The first-order chi connectivity index (χ1) is 21.7. The summed E-state index contributed by atoms with van der Waals surface area (Å²) in [6, 6.07) is 11.2. The van der Waals surface area contributed by atoms with Crippen molar-refractivity contribution in [3.05, 3.63) is 77.1 Å². The van der Waals surface area contributed by atoms with Gasteiger partial charge in [0.1, 0.15) is 16.2 Å². The number of hydrogen-bond acceptors (Lipinski definition) is 8. The van der Waals surface area contributed by atoms with Gasteiger partial charge in [-0.3, -0.25) is 19.0 Å². The van der Waals surface area contributed by atoms with Crippen LogP contribution in [0, 0.1) is 0 Å². The first-order valence-electron chi connectivity index (χ1n) is 14.3. The minimum Gasteiger partial charge on any atom is -0.497 e. The van der Waals surface area contributed by atoms with Gasteiger partial charge in [0.15, 0.2) is 12.0 Å². The van der Waals surface area contributed by atoms with E-state index < -0.39 is 38.6 Å². The first kappa shape index (κ1) is 35.0. The van der Waals surface area contributed by atoms with Crippen LogP contribution in [0.4, 0.5) is 18.9 Å². The number of hydrogen-bond donors (Lipinski definition) is 0. The van der Waals surface area contributed by atoms with E-state index in [1.165, 1.54) is 42.5 Å². The number of halogens is 4. The lowest BCUT2D eigenvalue weighted by Crippen LogP contribution is -2.58. The third-order valence-corrected chi connectivity index (χ3v) is 9.93. The van der Waals surface area contributed by atoms with Crippen molar-refractivity contribution in [3.8, 4) is 11.5 Å². The Bertz CT molecular complexity index is 1680. The number of amides is 1. The standard InChI is InChI=1S/C31H34ClF3N4O6S/c1-37(2)29(41)25-10-6-5-9-17-39(25)30(20-40,28-11-7-8-16-36-28)23-18-21(32)12-14-24(23)38(3)46(42,43)27-15-13-22(44-4)19-26(27)45-31(33,34)35/h7-8,11-16,18-20,25H,5-6,9-10,17H2,1-4H3. The van der Waals surface area contributed by atoms with Crippen LogP contribution in [-0.4, -0.2) is 82.6 Å². The number of alkyl halides is 3. The monoisotopic (exact) mass is 682 g/mol. The van der Waals surface area contributed by atoms with Crippen LogP contribution in [0.1, 0.15) is 36.9 Å². The summed E-state index contributed by atoms with van der Waals surface area (Å²) in [5.41, 5.74) is -1.68. The van der Waals surface area contributed by atoms with E-state index in [2.05, 4.69) is 9.72 Å². The summed E-state index contributed by atoms with van der Waals surface area (Å²) in [7, 11) is 0.756. The summed E-state index contributed by atoms with van der Waals surface area (Å²) in [6.45, 7) is 0.268. The number of rotatable bonds is 10. The Morgan fingerprint density at radius 2 is 1.80 bits per heavy atom. The van der Waals surface area contributed by atoms with Gasteiger partial charge in [-0.05, 0) is 55.3 Å². The quantitative estimate of drug-likeness (QED) is 0.267. The average molecular weight is 683 g/mol. The number of sulfonamides is 1. The Morgan fingerprint density at radius 1 is 1.07 bits per heavy atom. The molecule has 1 saturated heterocycles. The second kappa shape index (κ2) is 13.9. The molecular weight excluding hydrogens is 649 g/mol. The van der Waals surface area contributed by atoms with E-state index >= 15 is 0 Å². The van der Waals surface area contributed by atoms with Gasteiger partial charge in [0.05, 0.1) is 24.5 Å². The van der Waals surface area contributed by atoms with Gasteiger partial charge >= 0.3 is 6.36 Å². The molecule has 1 fully saturated rings. The molecule has 0 radical (unpaired) electrons. The molecule has 0 bridgehead atoms. The SMILES string of the molecule is COc1ccc(S(=O)(=O)N(C)c2ccc(Cl)cc2C(C=O)(c2ccccn2)N2CCCCCC2C(=O)N(C)C)c(OC(F)(F)F)c1. The van der Waals surface area contributed by atoms with Gasteiger partial charge in [-0.15, -0.1) is 13.2 Å². The van der Waals surface area contributed by atoms with Crippen LogP contribution in [0.3, 0.4) is 0 Å². The average Bonchev–Trinajstić information content (AvgIpc) is 3.27. The topological polar surface area (TPSA) is 109 Å². The van der Waals surface area contributed by atoms with E-state index in [0.717, 1.165) is 29.9 Å². The third-order valence-electron chi connectivity index (χ3n) is 7.88. The number of aldehydes is 1. The van der Waals surface area contributed by atoms with Crippen LogP contribution >= 0.6 is 11.6 Å². The van der Waals surface area contributed by atoms with Crippen molar-refractivity contribution in [1.29, 1.82) is 0 Å². The zero-order valence-corrected chi connectivity index (χ0v) is 27.2. The van der Waals surface area contributed by atoms with Crippen molar-refractivity contribution in [3.63, 3.8) is 0 Å². The van der Waals surface area contributed by atoms with Gasteiger partial charge in [-0.2, -0.15) is 0 Å². The Hall–Kier alpha value is -3.88. The predicted molar refractivity (Wildman–Crippen MR) is 165 cm³/mol. The summed E-state index contributed by atoms with van der Waals surface area (Å²) in [5.74, 6) is -1.34. The molecule has 1 aromatic heterocycles. The van der Waals surface area contributed by atoms with E-state index in [4.69, 9.17) is 16.3 Å². The first-order valence-corrected chi connectivity index (χ1v) is 16.1. The maximum Gasteiger partial charge on any atom is 0.573 e. The molecule has 46 heavy (non-hydrogen) atoms. The molecule has 2 heterocycles. The Morgan fingerprint density at radius 3 is 2.41 bits per heavy atom. The molecule has 15 heteroatoms. The number of anilines is 1. The van der Waals surface area contributed by atoms with Gasteiger partial charge in [-0.1, -0.05) is 30.5 Å². The lowest BCUT2D eigenvalue weighted by atomic mass is 9.82. The van der Waals surface area contributed by atoms with Gasteiger partial charge in [0.25, 0.3) is 10.0 Å². The van der Waals surface area contributed by atoms with E-state index in [-0.39, 0.29) is 40.2 Å². The summed E-state index contributed by atoms with van der Waals surface area (Å²) in [4.78, 5) is 34.2. The minimum atomic E-state index is -5.22. The molecule has 0 aliphatic carbocycles. The smallest absolute Gasteiger partial charge is 0.497 e. The van der Waals surface area contributed by atoms with Gasteiger partial charge < -0.3 is 19.2 Å². The molecule has 2 unspecified atom stereocenters. The molecular formula is C31H34ClF3N4O6S. The fourth-order valence-corrected chi connectivity index (χ4v) is 7.18. The Labute approximate surface area is 270 Å². The number of benzene rings is 2. The molecule has 248 valence electrons. The summed E-state index contributed by atoms with van der Waals surface area (Å²) < 4.78 is 78.3. The fraction of sp³-hybridized carbons (Fsp3) is 0.387. The molecule has 2 aromatic carbocycles. The summed E-state index contributed by atoms with van der Waals surface area (Å²) >= 11 is 6.50. The van der Waals surface area contributed by atoms with Crippen molar-refractivity contribution in [1.82, 2.24) is 14.8 Å². The highest BCUT2D eigenvalue weighted by molar-refractivity contribution is 7.93. The number of methoxy groups -OCH3 is 1. The maximum absolute atomic E-state index is 14.1. The number of likely N-dealkylation sites (tertiary alicyclic amines) is 1. The number of likely N-dealkylation sites (N-methyl/N-ethyl adjacent to an activating group) is 1. The van der Waals surface area contributed by atoms with Crippen molar-refractivity contribution in [2.45, 2.75) is 48.5 Å². The number of aromatic nitrogens is 1. The molecule has 3 aromatic rings. The highest BCUT2D eigenvalue weighted by atomic mass is 35.5. The van der Waals surface area contributed by atoms with E-state index in [1.807, 2.05) is 0 Å². The van der Waals surface area contributed by atoms with Crippen molar-refractivity contribution in [2.75, 3.05) is 39.1 Å². The van der Waals surface area contributed by atoms with E-state index in [9.17, 15) is 31.2 Å². The van der Waals surface area contributed by atoms with Crippen molar-refractivity contribution >= 4 is 39.5 Å². The van der Waals surface area contributed by atoms with Crippen LogP contribution in [0.15, 0.2) is 65.7 Å². The molecule has 4 rings (SSSR count). The zero-order chi connectivity index (χ0) is 33.9. The van der Waals surface area contributed by atoms with Gasteiger partial charge in [-0.25, -0.2) is 8.42 Å². The number of pyridine rings is 1. The number of carbonyl (C=O) groups excluding carboxylic acids is 2. The predicted octanol–water partition coefficient (Wildman–Crippen LogP) is 5.24. The molecule has 0 N–H and O–H groups in total. The fourth-order valence-electron chi connectivity index (χ4n) is 5.70. The van der Waals surface area contributed by atoms with E-state index in [0.29, 0.717) is 25.5 Å². The van der Waals surface area contributed by atoms with Crippen LogP contribution < -0.4 is 13.8 Å². The molecule has 1 aliphatic heterocycles. The molecule has 0 spiro atoms. The second-order valence-corrected chi connectivity index (χ2v) is 13.3. The number of carbonyl (C=O) groups is 2. The second-order valence-electron chi connectivity index (χ2n) is 10.9. The third kappa shape index (κ3) is 6.93.